The fourth-order valence-corrected chi connectivity index (χ4v) is 2.84. The molecule has 1 aliphatic carbocycles. The van der Waals surface area contributed by atoms with Gasteiger partial charge in [-0.1, -0.05) is 6.07 Å². The number of nitrogens with one attached hydrogen (secondary N) is 1. The van der Waals surface area contributed by atoms with Crippen LogP contribution in [0, 0.1) is 5.92 Å². The third kappa shape index (κ3) is 2.15. The molecule has 2 unspecified atom stereocenters. The van der Waals surface area contributed by atoms with Crippen LogP contribution in [0.2, 0.25) is 0 Å². The summed E-state index contributed by atoms with van der Waals surface area (Å²) in [7, 11) is 0. The summed E-state index contributed by atoms with van der Waals surface area (Å²) in [6, 6.07) is 4.03. The Morgan fingerprint density at radius 1 is 1.41 bits per heavy atom. The maximum absolute atomic E-state index is 10.6. The molecular weight excluding hydrogens is 214 g/mol. The van der Waals surface area contributed by atoms with Crippen molar-refractivity contribution in [3.05, 3.63) is 23.9 Å². The van der Waals surface area contributed by atoms with Crippen molar-refractivity contribution >= 4 is 5.82 Å². The van der Waals surface area contributed by atoms with E-state index in [0.717, 1.165) is 24.9 Å². The third-order valence-electron chi connectivity index (χ3n) is 4.06. The van der Waals surface area contributed by atoms with Crippen LogP contribution < -0.4 is 11.1 Å². The molecule has 0 aromatic carbocycles. The molecule has 0 bridgehead atoms. The zero-order valence-corrected chi connectivity index (χ0v) is 9.89. The van der Waals surface area contributed by atoms with Gasteiger partial charge in [0.25, 0.3) is 0 Å². The summed E-state index contributed by atoms with van der Waals surface area (Å²) in [5, 5.41) is 14.1. The maximum Gasteiger partial charge on any atom is 0.123 e. The molecule has 0 amide bonds. The zero-order valence-electron chi connectivity index (χ0n) is 9.89. The van der Waals surface area contributed by atoms with Crippen molar-refractivity contribution in [3.63, 3.8) is 0 Å². The second-order valence-corrected chi connectivity index (χ2v) is 5.36. The molecule has 0 radical (unpaired) electrons. The molecule has 0 spiro atoms. The first-order valence-corrected chi connectivity index (χ1v) is 6.34. The van der Waals surface area contributed by atoms with Gasteiger partial charge in [-0.15, -0.1) is 0 Å². The van der Waals surface area contributed by atoms with Gasteiger partial charge in [0, 0.05) is 12.2 Å². The number of aliphatic hydroxyl groups is 1. The van der Waals surface area contributed by atoms with E-state index in [1.54, 1.807) is 0 Å². The van der Waals surface area contributed by atoms with E-state index in [1.807, 2.05) is 18.3 Å². The highest BCUT2D eigenvalue weighted by Gasteiger charge is 2.46. The van der Waals surface area contributed by atoms with Crippen molar-refractivity contribution in [2.75, 3.05) is 12.3 Å². The van der Waals surface area contributed by atoms with Crippen LogP contribution >= 0.6 is 0 Å². The Hall–Kier alpha value is -1.13. The molecule has 1 saturated carbocycles. The van der Waals surface area contributed by atoms with Gasteiger partial charge in [0.15, 0.2) is 0 Å². The van der Waals surface area contributed by atoms with Crippen molar-refractivity contribution in [2.45, 2.75) is 37.3 Å². The molecule has 2 atom stereocenters. The van der Waals surface area contributed by atoms with Crippen molar-refractivity contribution in [3.8, 4) is 0 Å². The second kappa shape index (κ2) is 3.96. The number of hydrogen-bond donors (Lipinski definition) is 3. The average Bonchev–Trinajstić information content (AvgIpc) is 3.14. The summed E-state index contributed by atoms with van der Waals surface area (Å²) >= 11 is 0. The number of nitrogens with two attached hydrogens (primary N) is 1. The van der Waals surface area contributed by atoms with Gasteiger partial charge < -0.3 is 16.2 Å². The highest BCUT2D eigenvalue weighted by Crippen LogP contribution is 2.47. The molecule has 1 aromatic heterocycles. The van der Waals surface area contributed by atoms with Gasteiger partial charge in [0.05, 0.1) is 5.60 Å². The molecule has 3 rings (SSSR count). The minimum absolute atomic E-state index is 0.211. The summed E-state index contributed by atoms with van der Waals surface area (Å²) in [6.07, 6.45) is 5.85. The lowest BCUT2D eigenvalue weighted by molar-refractivity contribution is -0.0246. The Morgan fingerprint density at radius 2 is 2.24 bits per heavy atom. The van der Waals surface area contributed by atoms with Crippen LogP contribution in [0.5, 0.6) is 0 Å². The Labute approximate surface area is 101 Å². The van der Waals surface area contributed by atoms with E-state index in [4.69, 9.17) is 5.73 Å². The molecule has 4 nitrogen and oxygen atoms in total. The fourth-order valence-electron chi connectivity index (χ4n) is 2.84. The molecule has 17 heavy (non-hydrogen) atoms. The van der Waals surface area contributed by atoms with Gasteiger partial charge in [-0.05, 0) is 49.8 Å². The molecule has 2 heterocycles. The van der Waals surface area contributed by atoms with Gasteiger partial charge >= 0.3 is 0 Å². The van der Waals surface area contributed by atoms with Gasteiger partial charge in [0.2, 0.25) is 0 Å². The lowest BCUT2D eigenvalue weighted by atomic mass is 9.82. The SMILES string of the molecule is Nc1ccc(C2CC(O)(C3CC3)CCN2)cn1. The Bertz CT molecular complexity index is 402. The number of piperidine rings is 1. The predicted molar refractivity (Wildman–Crippen MR) is 66.3 cm³/mol. The fraction of sp³-hybridized carbons (Fsp3) is 0.615. The van der Waals surface area contributed by atoms with Crippen LogP contribution in [-0.2, 0) is 0 Å². The second-order valence-electron chi connectivity index (χ2n) is 5.36. The number of nitrogens with zero attached hydrogens (tertiary/aromatic N) is 1. The molecule has 2 fully saturated rings. The Balaban J connectivity index is 1.77. The highest BCUT2D eigenvalue weighted by molar-refractivity contribution is 5.31. The number of hydrogen-bond acceptors (Lipinski definition) is 4. The number of rotatable bonds is 2. The lowest BCUT2D eigenvalue weighted by Gasteiger charge is -2.38. The molecule has 1 aliphatic heterocycles. The predicted octanol–water partition coefficient (Wildman–Crippen LogP) is 1.23. The maximum atomic E-state index is 10.6. The first-order valence-electron chi connectivity index (χ1n) is 6.34. The summed E-state index contributed by atoms with van der Waals surface area (Å²) in [4.78, 5) is 4.12. The first kappa shape index (κ1) is 11.0. The van der Waals surface area contributed by atoms with Gasteiger partial charge in [-0.3, -0.25) is 0 Å². The number of pyridine rings is 1. The molecule has 1 saturated heterocycles. The van der Waals surface area contributed by atoms with Crippen LogP contribution in [0.4, 0.5) is 5.82 Å². The van der Waals surface area contributed by atoms with Crippen LogP contribution in [0.1, 0.15) is 37.3 Å². The largest absolute Gasteiger partial charge is 0.389 e. The normalized spacial score (nSPS) is 33.6. The number of aromatic nitrogens is 1. The van der Waals surface area contributed by atoms with E-state index in [9.17, 15) is 5.11 Å². The molecule has 1 aromatic rings. The minimum Gasteiger partial charge on any atom is -0.389 e. The standard InChI is InChI=1S/C13H19N3O/c14-12-4-1-9(8-16-12)11-7-13(17,5-6-15-11)10-2-3-10/h1,4,8,10-11,15,17H,2-3,5-7H2,(H2,14,16). The van der Waals surface area contributed by atoms with Crippen molar-refractivity contribution in [2.24, 2.45) is 5.92 Å². The first-order chi connectivity index (χ1) is 8.17. The van der Waals surface area contributed by atoms with E-state index in [2.05, 4.69) is 10.3 Å². The van der Waals surface area contributed by atoms with E-state index >= 15 is 0 Å². The van der Waals surface area contributed by atoms with Gasteiger partial charge in [0.1, 0.15) is 5.82 Å². The van der Waals surface area contributed by atoms with Crippen molar-refractivity contribution < 1.29 is 5.11 Å². The lowest BCUT2D eigenvalue weighted by Crippen LogP contribution is -2.45. The van der Waals surface area contributed by atoms with E-state index < -0.39 is 5.60 Å². The van der Waals surface area contributed by atoms with Crippen molar-refractivity contribution in [1.82, 2.24) is 10.3 Å². The highest BCUT2D eigenvalue weighted by atomic mass is 16.3. The van der Waals surface area contributed by atoms with Gasteiger partial charge in [-0.2, -0.15) is 0 Å². The number of anilines is 1. The third-order valence-corrected chi connectivity index (χ3v) is 4.06. The summed E-state index contributed by atoms with van der Waals surface area (Å²) in [5.41, 5.74) is 6.25. The minimum atomic E-state index is -0.461. The molecule has 2 aliphatic rings. The van der Waals surface area contributed by atoms with E-state index in [0.29, 0.717) is 11.7 Å². The molecule has 4 N–H and O–H groups in total. The van der Waals surface area contributed by atoms with Crippen LogP contribution in [0.25, 0.3) is 0 Å². The molecular formula is C13H19N3O. The monoisotopic (exact) mass is 233 g/mol. The van der Waals surface area contributed by atoms with E-state index in [1.165, 1.54) is 12.8 Å². The van der Waals surface area contributed by atoms with Crippen LogP contribution in [-0.4, -0.2) is 22.2 Å². The quantitative estimate of drug-likeness (QED) is 0.718. The number of nitrogen functional groups attached to an aromatic ring is 1. The Morgan fingerprint density at radius 3 is 2.88 bits per heavy atom. The molecule has 92 valence electrons. The van der Waals surface area contributed by atoms with Gasteiger partial charge in [-0.25, -0.2) is 4.98 Å². The topological polar surface area (TPSA) is 71.2 Å². The summed E-state index contributed by atoms with van der Waals surface area (Å²) < 4.78 is 0. The summed E-state index contributed by atoms with van der Waals surface area (Å²) in [5.74, 6) is 1.07. The van der Waals surface area contributed by atoms with E-state index in [-0.39, 0.29) is 6.04 Å². The zero-order chi connectivity index (χ0) is 11.9. The molecule has 4 heteroatoms. The van der Waals surface area contributed by atoms with Crippen molar-refractivity contribution in [1.29, 1.82) is 0 Å². The smallest absolute Gasteiger partial charge is 0.123 e. The Kier molecular flexibility index (Phi) is 2.56. The van der Waals surface area contributed by atoms with Crippen LogP contribution in [0.15, 0.2) is 18.3 Å². The average molecular weight is 233 g/mol. The summed E-state index contributed by atoms with van der Waals surface area (Å²) in [6.45, 7) is 0.877. The van der Waals surface area contributed by atoms with Crippen LogP contribution in [0.3, 0.4) is 0 Å².